The summed E-state index contributed by atoms with van der Waals surface area (Å²) in [5.74, 6) is 0.211. The Balaban J connectivity index is 3.09. The van der Waals surface area contributed by atoms with Gasteiger partial charge in [0.15, 0.2) is 0 Å². The van der Waals surface area contributed by atoms with Gasteiger partial charge in [-0.15, -0.1) is 0 Å². The van der Waals surface area contributed by atoms with Gasteiger partial charge in [-0.25, -0.2) is 0 Å². The molecular formula is C11H17NO2. The molecule has 1 aromatic rings. The molecule has 0 aliphatic heterocycles. The Morgan fingerprint density at radius 3 is 2.57 bits per heavy atom. The van der Waals surface area contributed by atoms with E-state index in [-0.39, 0.29) is 5.75 Å². The van der Waals surface area contributed by atoms with Crippen molar-refractivity contribution in [2.45, 2.75) is 32.4 Å². The first-order valence-electron chi connectivity index (χ1n) is 4.82. The van der Waals surface area contributed by atoms with Crippen LogP contribution in [0.1, 0.15) is 31.0 Å². The Labute approximate surface area is 84.2 Å². The molecule has 3 nitrogen and oxygen atoms in total. The van der Waals surface area contributed by atoms with Crippen LogP contribution in [0.3, 0.4) is 0 Å². The maximum atomic E-state index is 9.82. The molecule has 1 aromatic carbocycles. The van der Waals surface area contributed by atoms with Crippen LogP contribution in [0.4, 0.5) is 0 Å². The van der Waals surface area contributed by atoms with E-state index in [0.29, 0.717) is 5.56 Å². The summed E-state index contributed by atoms with van der Waals surface area (Å²) in [7, 11) is 0. The van der Waals surface area contributed by atoms with Gasteiger partial charge in [0.05, 0.1) is 12.1 Å². The summed E-state index contributed by atoms with van der Waals surface area (Å²) in [6, 6.07) is 4.91. The number of nitrogens with two attached hydrogens (primary N) is 1. The van der Waals surface area contributed by atoms with E-state index >= 15 is 0 Å². The molecule has 0 spiro atoms. The van der Waals surface area contributed by atoms with Gasteiger partial charge < -0.3 is 15.9 Å². The largest absolute Gasteiger partial charge is 0.507 e. The van der Waals surface area contributed by atoms with Gasteiger partial charge in [0.2, 0.25) is 0 Å². The molecule has 0 bridgehead atoms. The van der Waals surface area contributed by atoms with Crippen LogP contribution in [0.15, 0.2) is 18.2 Å². The van der Waals surface area contributed by atoms with Crippen molar-refractivity contribution in [2.24, 2.45) is 5.73 Å². The molecule has 78 valence electrons. The third kappa shape index (κ3) is 2.05. The van der Waals surface area contributed by atoms with Crippen molar-refractivity contribution in [3.8, 4) is 5.75 Å². The molecule has 0 aliphatic carbocycles. The van der Waals surface area contributed by atoms with Crippen LogP contribution in [0, 0.1) is 0 Å². The molecule has 0 aromatic heterocycles. The van der Waals surface area contributed by atoms with E-state index in [4.69, 9.17) is 5.73 Å². The highest BCUT2D eigenvalue weighted by Gasteiger charge is 2.16. The zero-order valence-electron chi connectivity index (χ0n) is 8.57. The van der Waals surface area contributed by atoms with Crippen molar-refractivity contribution in [1.82, 2.24) is 0 Å². The average molecular weight is 195 g/mol. The van der Waals surface area contributed by atoms with E-state index in [9.17, 15) is 10.2 Å². The first-order chi connectivity index (χ1) is 6.57. The number of hydrogen-bond donors (Lipinski definition) is 3. The smallest absolute Gasteiger partial charge is 0.123 e. The number of aromatic hydroxyl groups is 1. The Morgan fingerprint density at radius 2 is 2.07 bits per heavy atom. The standard InChI is InChI=1S/C11H17NO2/c1-3-8-5-4-6-9(11(8)14)10(12)7(2)13/h4-7,10,13-14H,3,12H2,1-2H3/t7-,10-/m0/s1. The van der Waals surface area contributed by atoms with E-state index < -0.39 is 12.1 Å². The number of aliphatic hydroxyl groups excluding tert-OH is 1. The molecule has 0 unspecified atom stereocenters. The minimum atomic E-state index is -0.659. The SMILES string of the molecule is CCc1cccc([C@@H](N)[C@H](C)O)c1O. The van der Waals surface area contributed by atoms with Crippen molar-refractivity contribution < 1.29 is 10.2 Å². The highest BCUT2D eigenvalue weighted by Crippen LogP contribution is 2.28. The number of phenolic OH excluding ortho intramolecular Hbond substituents is 1. The van der Waals surface area contributed by atoms with Crippen LogP contribution in [0.2, 0.25) is 0 Å². The molecule has 0 aliphatic rings. The molecule has 0 saturated heterocycles. The summed E-state index contributed by atoms with van der Waals surface area (Å²) < 4.78 is 0. The number of para-hydroxylation sites is 1. The molecule has 0 fully saturated rings. The fraction of sp³-hybridized carbons (Fsp3) is 0.455. The zero-order chi connectivity index (χ0) is 10.7. The molecule has 0 heterocycles. The Kier molecular flexibility index (Phi) is 3.49. The molecule has 2 atom stereocenters. The second kappa shape index (κ2) is 4.44. The van der Waals surface area contributed by atoms with Crippen molar-refractivity contribution >= 4 is 0 Å². The lowest BCUT2D eigenvalue weighted by molar-refractivity contribution is 0.162. The lowest BCUT2D eigenvalue weighted by Crippen LogP contribution is -2.23. The van der Waals surface area contributed by atoms with Gasteiger partial charge in [0, 0.05) is 5.56 Å². The summed E-state index contributed by atoms with van der Waals surface area (Å²) in [5.41, 5.74) is 7.22. The lowest BCUT2D eigenvalue weighted by Gasteiger charge is -2.17. The molecule has 3 heteroatoms. The summed E-state index contributed by atoms with van der Waals surface area (Å²) in [6.07, 6.45) is 0.0969. The maximum Gasteiger partial charge on any atom is 0.123 e. The van der Waals surface area contributed by atoms with Gasteiger partial charge in [0.25, 0.3) is 0 Å². The van der Waals surface area contributed by atoms with Gasteiger partial charge in [0.1, 0.15) is 5.75 Å². The summed E-state index contributed by atoms with van der Waals surface area (Å²) in [6.45, 7) is 3.58. The maximum absolute atomic E-state index is 9.82. The summed E-state index contributed by atoms with van der Waals surface area (Å²) >= 11 is 0. The zero-order valence-corrected chi connectivity index (χ0v) is 8.57. The topological polar surface area (TPSA) is 66.5 Å². The summed E-state index contributed by atoms with van der Waals surface area (Å²) in [4.78, 5) is 0. The lowest BCUT2D eigenvalue weighted by atomic mass is 9.98. The number of phenols is 1. The van der Waals surface area contributed by atoms with Crippen LogP contribution in [-0.4, -0.2) is 16.3 Å². The predicted molar refractivity (Wildman–Crippen MR) is 56.1 cm³/mol. The third-order valence-electron chi connectivity index (χ3n) is 2.41. The van der Waals surface area contributed by atoms with Crippen molar-refractivity contribution in [1.29, 1.82) is 0 Å². The molecule has 14 heavy (non-hydrogen) atoms. The Morgan fingerprint density at radius 1 is 1.43 bits per heavy atom. The van der Waals surface area contributed by atoms with Gasteiger partial charge in [-0.2, -0.15) is 0 Å². The van der Waals surface area contributed by atoms with E-state index in [0.717, 1.165) is 12.0 Å². The average Bonchev–Trinajstić information content (AvgIpc) is 2.17. The normalized spacial score (nSPS) is 15.1. The molecule has 0 saturated carbocycles. The molecule has 0 radical (unpaired) electrons. The van der Waals surface area contributed by atoms with Crippen LogP contribution in [0.25, 0.3) is 0 Å². The first-order valence-corrected chi connectivity index (χ1v) is 4.82. The van der Waals surface area contributed by atoms with Gasteiger partial charge in [-0.1, -0.05) is 25.1 Å². The van der Waals surface area contributed by atoms with E-state index in [1.807, 2.05) is 19.1 Å². The number of benzene rings is 1. The van der Waals surface area contributed by atoms with Crippen molar-refractivity contribution in [3.05, 3.63) is 29.3 Å². The van der Waals surface area contributed by atoms with Gasteiger partial charge >= 0.3 is 0 Å². The van der Waals surface area contributed by atoms with Gasteiger partial charge in [-0.3, -0.25) is 0 Å². The molecular weight excluding hydrogens is 178 g/mol. The Bertz CT molecular complexity index is 310. The molecule has 4 N–H and O–H groups in total. The van der Waals surface area contributed by atoms with Crippen molar-refractivity contribution in [2.75, 3.05) is 0 Å². The first kappa shape index (κ1) is 11.0. The fourth-order valence-corrected chi connectivity index (χ4v) is 1.43. The number of rotatable bonds is 3. The highest BCUT2D eigenvalue weighted by atomic mass is 16.3. The van der Waals surface area contributed by atoms with E-state index in [1.54, 1.807) is 13.0 Å². The highest BCUT2D eigenvalue weighted by molar-refractivity contribution is 5.42. The second-order valence-electron chi connectivity index (χ2n) is 3.47. The quantitative estimate of drug-likeness (QED) is 0.681. The van der Waals surface area contributed by atoms with Crippen LogP contribution in [0.5, 0.6) is 5.75 Å². The van der Waals surface area contributed by atoms with E-state index in [2.05, 4.69) is 0 Å². The number of aliphatic hydroxyl groups is 1. The molecule has 0 amide bonds. The monoisotopic (exact) mass is 195 g/mol. The minimum Gasteiger partial charge on any atom is -0.507 e. The Hall–Kier alpha value is -1.06. The number of aryl methyl sites for hydroxylation is 1. The van der Waals surface area contributed by atoms with Crippen LogP contribution < -0.4 is 5.73 Å². The van der Waals surface area contributed by atoms with Crippen LogP contribution in [-0.2, 0) is 6.42 Å². The van der Waals surface area contributed by atoms with E-state index in [1.165, 1.54) is 0 Å². The predicted octanol–water partition coefficient (Wildman–Crippen LogP) is 1.34. The fourth-order valence-electron chi connectivity index (χ4n) is 1.43. The third-order valence-corrected chi connectivity index (χ3v) is 2.41. The summed E-state index contributed by atoms with van der Waals surface area (Å²) in [5, 5.41) is 19.1. The van der Waals surface area contributed by atoms with Gasteiger partial charge in [-0.05, 0) is 18.9 Å². The van der Waals surface area contributed by atoms with Crippen molar-refractivity contribution in [3.63, 3.8) is 0 Å². The minimum absolute atomic E-state index is 0.211. The second-order valence-corrected chi connectivity index (χ2v) is 3.47. The number of hydrogen-bond acceptors (Lipinski definition) is 3. The molecule has 1 rings (SSSR count). The van der Waals surface area contributed by atoms with Crippen LogP contribution >= 0.6 is 0 Å².